The summed E-state index contributed by atoms with van der Waals surface area (Å²) in [4.78, 5) is 45.0. The number of rotatable bonds is 14. The van der Waals surface area contributed by atoms with Crippen molar-refractivity contribution < 1.29 is 29.0 Å². The predicted molar refractivity (Wildman–Crippen MR) is 156 cm³/mol. The van der Waals surface area contributed by atoms with Gasteiger partial charge in [-0.25, -0.2) is 0 Å². The molecule has 9 nitrogen and oxygen atoms in total. The van der Waals surface area contributed by atoms with Crippen LogP contribution in [0.4, 0.5) is 0 Å². The van der Waals surface area contributed by atoms with Gasteiger partial charge in [-0.3, -0.25) is 19.3 Å². The van der Waals surface area contributed by atoms with Crippen LogP contribution in [-0.4, -0.2) is 83.1 Å². The zero-order chi connectivity index (χ0) is 29.4. The Hall–Kier alpha value is -3.59. The number of ether oxygens (including phenoxy) is 2. The number of nitrogens with zero attached hydrogens (tertiary/aromatic N) is 3. The summed E-state index contributed by atoms with van der Waals surface area (Å²) in [6.45, 7) is 8.31. The van der Waals surface area contributed by atoms with Gasteiger partial charge < -0.3 is 24.4 Å². The van der Waals surface area contributed by atoms with Crippen LogP contribution in [0.2, 0.25) is 0 Å². The van der Waals surface area contributed by atoms with E-state index in [-0.39, 0.29) is 37.6 Å². The fourth-order valence-corrected chi connectivity index (χ4v) is 5.87. The molecule has 2 aromatic rings. The van der Waals surface area contributed by atoms with Crippen molar-refractivity contribution in [1.82, 2.24) is 14.7 Å². The fraction of sp³-hybridized carbons (Fsp3) is 0.531. The second-order valence-corrected chi connectivity index (χ2v) is 11.1. The number of hydrogen-bond acceptors (Lipinski definition) is 6. The molecule has 3 unspecified atom stereocenters. The molecule has 222 valence electrons. The highest BCUT2D eigenvalue weighted by atomic mass is 16.7. The Balaban J connectivity index is 1.65. The van der Waals surface area contributed by atoms with E-state index in [1.165, 1.54) is 6.92 Å². The maximum atomic E-state index is 13.7. The lowest BCUT2D eigenvalue weighted by atomic mass is 9.85. The van der Waals surface area contributed by atoms with Crippen molar-refractivity contribution in [2.45, 2.75) is 65.0 Å². The van der Waals surface area contributed by atoms with Crippen LogP contribution in [0.15, 0.2) is 48.5 Å². The van der Waals surface area contributed by atoms with Crippen molar-refractivity contribution in [2.75, 3.05) is 39.5 Å². The van der Waals surface area contributed by atoms with E-state index in [0.717, 1.165) is 36.8 Å². The van der Waals surface area contributed by atoms with Crippen LogP contribution in [0.25, 0.3) is 0 Å². The van der Waals surface area contributed by atoms with Gasteiger partial charge in [0.25, 0.3) is 0 Å². The minimum Gasteiger partial charge on any atom is -0.481 e. The number of carboxylic acid groups (broad SMARTS) is 1. The van der Waals surface area contributed by atoms with E-state index in [0.29, 0.717) is 37.7 Å². The largest absolute Gasteiger partial charge is 0.481 e. The first-order valence-electron chi connectivity index (χ1n) is 14.8. The third-order valence-electron chi connectivity index (χ3n) is 8.18. The summed E-state index contributed by atoms with van der Waals surface area (Å²) in [6, 6.07) is 14.7. The molecule has 4 rings (SSSR count). The average molecular weight is 566 g/mol. The molecule has 0 radical (unpaired) electrons. The van der Waals surface area contributed by atoms with Gasteiger partial charge in [-0.15, -0.1) is 0 Å². The quantitative estimate of drug-likeness (QED) is 0.363. The third-order valence-corrected chi connectivity index (χ3v) is 8.18. The SMILES string of the molecule is CCCCN(CCCC)C(=O)CN1CC(c2ccc3c(c2)OCO3)C(C(=O)O)C1CN(Cc1ccccc1)C(C)=O. The highest BCUT2D eigenvalue weighted by molar-refractivity contribution is 5.79. The van der Waals surface area contributed by atoms with E-state index < -0.39 is 17.9 Å². The van der Waals surface area contributed by atoms with Gasteiger partial charge in [-0.2, -0.15) is 0 Å². The Morgan fingerprint density at radius 1 is 0.951 bits per heavy atom. The first-order valence-corrected chi connectivity index (χ1v) is 14.8. The number of carboxylic acids is 1. The zero-order valence-corrected chi connectivity index (χ0v) is 24.5. The van der Waals surface area contributed by atoms with Gasteiger partial charge in [0.2, 0.25) is 18.6 Å². The Morgan fingerprint density at radius 2 is 1.63 bits per heavy atom. The molecule has 0 saturated carbocycles. The molecule has 1 saturated heterocycles. The summed E-state index contributed by atoms with van der Waals surface area (Å²) in [6.07, 6.45) is 3.82. The Labute approximate surface area is 243 Å². The molecule has 2 amide bonds. The van der Waals surface area contributed by atoms with Crippen molar-refractivity contribution in [3.63, 3.8) is 0 Å². The Morgan fingerprint density at radius 3 is 2.27 bits per heavy atom. The van der Waals surface area contributed by atoms with Crippen molar-refractivity contribution in [2.24, 2.45) is 5.92 Å². The summed E-state index contributed by atoms with van der Waals surface area (Å²) >= 11 is 0. The minimum atomic E-state index is -0.940. The maximum Gasteiger partial charge on any atom is 0.308 e. The Kier molecular flexibility index (Phi) is 10.6. The molecular weight excluding hydrogens is 522 g/mol. The lowest BCUT2D eigenvalue weighted by molar-refractivity contribution is -0.145. The van der Waals surface area contributed by atoms with Gasteiger partial charge in [-0.05, 0) is 36.1 Å². The highest BCUT2D eigenvalue weighted by Crippen LogP contribution is 2.42. The predicted octanol–water partition coefficient (Wildman–Crippen LogP) is 4.36. The summed E-state index contributed by atoms with van der Waals surface area (Å²) in [7, 11) is 0. The first-order chi connectivity index (χ1) is 19.8. The topological polar surface area (TPSA) is 99.6 Å². The van der Waals surface area contributed by atoms with Gasteiger partial charge in [0.1, 0.15) is 0 Å². The molecule has 41 heavy (non-hydrogen) atoms. The number of carbonyl (C=O) groups excluding carboxylic acids is 2. The Bertz CT molecular complexity index is 1180. The van der Waals surface area contributed by atoms with Crippen LogP contribution >= 0.6 is 0 Å². The van der Waals surface area contributed by atoms with E-state index >= 15 is 0 Å². The van der Waals surface area contributed by atoms with E-state index in [1.807, 2.05) is 58.3 Å². The third kappa shape index (κ3) is 7.58. The molecule has 0 spiro atoms. The summed E-state index contributed by atoms with van der Waals surface area (Å²) in [5.41, 5.74) is 1.79. The lowest BCUT2D eigenvalue weighted by Gasteiger charge is -2.33. The van der Waals surface area contributed by atoms with Crippen molar-refractivity contribution >= 4 is 17.8 Å². The van der Waals surface area contributed by atoms with Crippen LogP contribution in [0.5, 0.6) is 11.5 Å². The minimum absolute atomic E-state index is 0.00445. The lowest BCUT2D eigenvalue weighted by Crippen LogP contribution is -2.49. The number of fused-ring (bicyclic) bond motifs is 1. The molecule has 9 heteroatoms. The first kappa shape index (κ1) is 30.4. The second kappa shape index (κ2) is 14.3. The number of unbranched alkanes of at least 4 members (excludes halogenated alkanes) is 2. The smallest absolute Gasteiger partial charge is 0.308 e. The molecule has 0 aliphatic carbocycles. The fourth-order valence-electron chi connectivity index (χ4n) is 5.87. The van der Waals surface area contributed by atoms with Crippen LogP contribution in [0, 0.1) is 5.92 Å². The number of carbonyl (C=O) groups is 3. The molecule has 2 aliphatic heterocycles. The van der Waals surface area contributed by atoms with Gasteiger partial charge in [0.15, 0.2) is 11.5 Å². The molecule has 1 fully saturated rings. The summed E-state index contributed by atoms with van der Waals surface area (Å²) in [5, 5.41) is 10.6. The van der Waals surface area contributed by atoms with Gasteiger partial charge in [-0.1, -0.05) is 63.1 Å². The van der Waals surface area contributed by atoms with Gasteiger partial charge in [0.05, 0.1) is 12.5 Å². The number of hydrogen-bond donors (Lipinski definition) is 1. The van der Waals surface area contributed by atoms with Crippen molar-refractivity contribution in [3.05, 3.63) is 59.7 Å². The van der Waals surface area contributed by atoms with E-state index in [4.69, 9.17) is 9.47 Å². The van der Waals surface area contributed by atoms with Gasteiger partial charge in [0, 0.05) is 51.6 Å². The molecule has 0 bridgehead atoms. The van der Waals surface area contributed by atoms with Crippen molar-refractivity contribution in [3.8, 4) is 11.5 Å². The van der Waals surface area contributed by atoms with Crippen LogP contribution in [0.3, 0.4) is 0 Å². The molecule has 2 heterocycles. The molecular formula is C32H43N3O6. The molecule has 2 aliphatic rings. The second-order valence-electron chi connectivity index (χ2n) is 11.1. The zero-order valence-electron chi connectivity index (χ0n) is 24.5. The molecule has 0 aromatic heterocycles. The van der Waals surface area contributed by atoms with Crippen molar-refractivity contribution in [1.29, 1.82) is 0 Å². The average Bonchev–Trinajstić information content (AvgIpc) is 3.57. The van der Waals surface area contributed by atoms with Crippen LogP contribution in [-0.2, 0) is 20.9 Å². The molecule has 1 N–H and O–H groups in total. The van der Waals surface area contributed by atoms with E-state index in [2.05, 4.69) is 13.8 Å². The summed E-state index contributed by atoms with van der Waals surface area (Å²) in [5.74, 6) is -1.05. The number of aliphatic carboxylic acids is 1. The maximum absolute atomic E-state index is 13.7. The standard InChI is InChI=1S/C32H43N3O6/c1-4-6-15-33(16-7-5-2)30(37)21-35-19-26(25-13-14-28-29(17-25)41-22-40-28)31(32(38)39)27(35)20-34(23(3)36)18-24-11-9-8-10-12-24/h8-14,17,26-27,31H,4-7,15-16,18-22H2,1-3H3,(H,38,39). The number of benzene rings is 2. The van der Waals surface area contributed by atoms with E-state index in [1.54, 1.807) is 4.90 Å². The molecule has 3 atom stereocenters. The van der Waals surface area contributed by atoms with Crippen LogP contribution < -0.4 is 9.47 Å². The number of likely N-dealkylation sites (tertiary alicyclic amines) is 1. The number of amides is 2. The molecule has 2 aromatic carbocycles. The monoisotopic (exact) mass is 565 g/mol. The van der Waals surface area contributed by atoms with E-state index in [9.17, 15) is 19.5 Å². The van der Waals surface area contributed by atoms with Gasteiger partial charge >= 0.3 is 5.97 Å². The summed E-state index contributed by atoms with van der Waals surface area (Å²) < 4.78 is 11.1. The normalized spacial score (nSPS) is 19.7. The highest BCUT2D eigenvalue weighted by Gasteiger charge is 2.48. The van der Waals surface area contributed by atoms with Crippen LogP contribution in [0.1, 0.15) is 63.5 Å².